The van der Waals surface area contributed by atoms with E-state index in [-0.39, 0.29) is 5.91 Å². The van der Waals surface area contributed by atoms with Crippen LogP contribution in [0.15, 0.2) is 16.5 Å². The standard InChI is InChI=1S/C14H21NO3/c1-9-7-12(9)13-5-3-11(18-13)4-6-14(17)15-8-10(2)16/h3,5,9-10,12,16H,4,6-8H2,1-2H3,(H,15,17). The number of nitrogens with one attached hydrogen (secondary N) is 1. The molecule has 0 spiro atoms. The van der Waals surface area contributed by atoms with Crippen molar-refractivity contribution in [3.63, 3.8) is 0 Å². The maximum Gasteiger partial charge on any atom is 0.220 e. The molecule has 0 bridgehead atoms. The molecule has 18 heavy (non-hydrogen) atoms. The molecule has 3 atom stereocenters. The minimum atomic E-state index is -0.500. The fraction of sp³-hybridized carbons (Fsp3) is 0.643. The fourth-order valence-corrected chi connectivity index (χ4v) is 2.03. The number of aliphatic hydroxyl groups excluding tert-OH is 1. The molecule has 4 nitrogen and oxygen atoms in total. The first-order valence-corrected chi connectivity index (χ1v) is 6.59. The van der Waals surface area contributed by atoms with Crippen molar-refractivity contribution in [2.45, 2.75) is 45.1 Å². The first kappa shape index (κ1) is 13.1. The topological polar surface area (TPSA) is 62.5 Å². The molecule has 1 fully saturated rings. The number of carbonyl (C=O) groups excluding carboxylic acids is 1. The molecule has 3 unspecified atom stereocenters. The second-order valence-electron chi connectivity index (χ2n) is 5.28. The van der Waals surface area contributed by atoms with Gasteiger partial charge in [-0.3, -0.25) is 4.79 Å². The Balaban J connectivity index is 1.73. The molecule has 1 saturated carbocycles. The summed E-state index contributed by atoms with van der Waals surface area (Å²) < 4.78 is 5.72. The predicted octanol–water partition coefficient (Wildman–Crippen LogP) is 1.83. The average Bonchev–Trinajstić information content (AvgIpc) is 2.88. The smallest absolute Gasteiger partial charge is 0.220 e. The van der Waals surface area contributed by atoms with Gasteiger partial charge in [-0.05, 0) is 31.4 Å². The summed E-state index contributed by atoms with van der Waals surface area (Å²) in [4.78, 5) is 11.5. The molecule has 1 amide bonds. The minimum Gasteiger partial charge on any atom is -0.466 e. The zero-order valence-corrected chi connectivity index (χ0v) is 11.0. The molecular weight excluding hydrogens is 230 g/mol. The van der Waals surface area contributed by atoms with Crippen LogP contribution in [0, 0.1) is 5.92 Å². The second-order valence-corrected chi connectivity index (χ2v) is 5.28. The third-order valence-electron chi connectivity index (χ3n) is 3.35. The summed E-state index contributed by atoms with van der Waals surface area (Å²) in [5, 5.41) is 11.7. The first-order valence-electron chi connectivity index (χ1n) is 6.59. The Morgan fingerprint density at radius 1 is 1.61 bits per heavy atom. The van der Waals surface area contributed by atoms with Gasteiger partial charge in [0.15, 0.2) is 0 Å². The van der Waals surface area contributed by atoms with Gasteiger partial charge in [0.05, 0.1) is 6.10 Å². The number of hydrogen-bond donors (Lipinski definition) is 2. The van der Waals surface area contributed by atoms with Gasteiger partial charge in [-0.2, -0.15) is 0 Å². The minimum absolute atomic E-state index is 0.0476. The lowest BCUT2D eigenvalue weighted by molar-refractivity contribution is -0.121. The summed E-state index contributed by atoms with van der Waals surface area (Å²) in [6.45, 7) is 4.17. The van der Waals surface area contributed by atoms with Crippen LogP contribution in [-0.4, -0.2) is 23.7 Å². The summed E-state index contributed by atoms with van der Waals surface area (Å²) in [6, 6.07) is 3.99. The Kier molecular flexibility index (Phi) is 4.07. The van der Waals surface area contributed by atoms with E-state index in [2.05, 4.69) is 12.2 Å². The Hall–Kier alpha value is -1.29. The summed E-state index contributed by atoms with van der Waals surface area (Å²) >= 11 is 0. The summed E-state index contributed by atoms with van der Waals surface area (Å²) in [5.41, 5.74) is 0. The van der Waals surface area contributed by atoms with Crippen molar-refractivity contribution in [1.29, 1.82) is 0 Å². The molecule has 4 heteroatoms. The third kappa shape index (κ3) is 3.60. The Morgan fingerprint density at radius 2 is 2.33 bits per heavy atom. The molecule has 1 aromatic rings. The maximum absolute atomic E-state index is 11.5. The lowest BCUT2D eigenvalue weighted by atomic mass is 10.2. The third-order valence-corrected chi connectivity index (χ3v) is 3.35. The van der Waals surface area contributed by atoms with Gasteiger partial charge in [0, 0.05) is 25.3 Å². The van der Waals surface area contributed by atoms with Crippen molar-refractivity contribution in [1.82, 2.24) is 5.32 Å². The highest BCUT2D eigenvalue weighted by molar-refractivity contribution is 5.76. The van der Waals surface area contributed by atoms with Crippen LogP contribution in [0.5, 0.6) is 0 Å². The van der Waals surface area contributed by atoms with E-state index in [9.17, 15) is 4.79 Å². The van der Waals surface area contributed by atoms with E-state index < -0.39 is 6.10 Å². The summed E-state index contributed by atoms with van der Waals surface area (Å²) in [7, 11) is 0. The normalized spacial score (nSPS) is 23.7. The van der Waals surface area contributed by atoms with E-state index in [0.717, 1.165) is 17.4 Å². The molecular formula is C14H21NO3. The highest BCUT2D eigenvalue weighted by Gasteiger charge is 2.36. The van der Waals surface area contributed by atoms with Crippen molar-refractivity contribution < 1.29 is 14.3 Å². The number of aliphatic hydroxyl groups is 1. The van der Waals surface area contributed by atoms with E-state index >= 15 is 0 Å². The Labute approximate surface area is 107 Å². The van der Waals surface area contributed by atoms with Crippen LogP contribution in [0.25, 0.3) is 0 Å². The number of rotatable bonds is 6. The number of hydrogen-bond acceptors (Lipinski definition) is 3. The van der Waals surface area contributed by atoms with Gasteiger partial charge in [0.25, 0.3) is 0 Å². The van der Waals surface area contributed by atoms with Gasteiger partial charge in [-0.25, -0.2) is 0 Å². The van der Waals surface area contributed by atoms with E-state index in [1.54, 1.807) is 6.92 Å². The highest BCUT2D eigenvalue weighted by Crippen LogP contribution is 2.47. The first-order chi connectivity index (χ1) is 8.56. The number of carbonyl (C=O) groups is 1. The fourth-order valence-electron chi connectivity index (χ4n) is 2.03. The van der Waals surface area contributed by atoms with E-state index in [1.807, 2.05) is 12.1 Å². The van der Waals surface area contributed by atoms with Gasteiger partial charge in [-0.15, -0.1) is 0 Å². The van der Waals surface area contributed by atoms with Crippen LogP contribution >= 0.6 is 0 Å². The molecule has 0 radical (unpaired) electrons. The summed E-state index contributed by atoms with van der Waals surface area (Å²) in [6.07, 6.45) is 1.73. The van der Waals surface area contributed by atoms with Crippen LogP contribution < -0.4 is 5.32 Å². The monoisotopic (exact) mass is 251 g/mol. The number of furan rings is 1. The largest absolute Gasteiger partial charge is 0.466 e. The van der Waals surface area contributed by atoms with Gasteiger partial charge in [0.2, 0.25) is 5.91 Å². The van der Waals surface area contributed by atoms with Gasteiger partial charge in [0.1, 0.15) is 11.5 Å². The maximum atomic E-state index is 11.5. The summed E-state index contributed by atoms with van der Waals surface area (Å²) in [5.74, 6) is 3.20. The van der Waals surface area contributed by atoms with E-state index in [0.29, 0.717) is 25.3 Å². The van der Waals surface area contributed by atoms with Crippen molar-refractivity contribution in [3.8, 4) is 0 Å². The molecule has 0 saturated heterocycles. The quantitative estimate of drug-likeness (QED) is 0.811. The molecule has 2 rings (SSSR count). The SMILES string of the molecule is CC(O)CNC(=O)CCc1ccc(C2CC2C)o1. The van der Waals surface area contributed by atoms with Crippen molar-refractivity contribution in [2.24, 2.45) is 5.92 Å². The Morgan fingerprint density at radius 3 is 2.94 bits per heavy atom. The molecule has 2 N–H and O–H groups in total. The van der Waals surface area contributed by atoms with Crippen molar-refractivity contribution in [3.05, 3.63) is 23.7 Å². The lowest BCUT2D eigenvalue weighted by Crippen LogP contribution is -2.30. The number of aryl methyl sites for hydroxylation is 1. The zero-order valence-electron chi connectivity index (χ0n) is 11.0. The van der Waals surface area contributed by atoms with Crippen LogP contribution in [0.2, 0.25) is 0 Å². The zero-order chi connectivity index (χ0) is 13.1. The molecule has 0 aliphatic heterocycles. The average molecular weight is 251 g/mol. The van der Waals surface area contributed by atoms with Crippen molar-refractivity contribution >= 4 is 5.91 Å². The number of amides is 1. The van der Waals surface area contributed by atoms with E-state index in [4.69, 9.17) is 9.52 Å². The van der Waals surface area contributed by atoms with Gasteiger partial charge >= 0.3 is 0 Å². The highest BCUT2D eigenvalue weighted by atomic mass is 16.3. The van der Waals surface area contributed by atoms with Crippen LogP contribution in [0.4, 0.5) is 0 Å². The van der Waals surface area contributed by atoms with Crippen LogP contribution in [0.3, 0.4) is 0 Å². The molecule has 100 valence electrons. The lowest BCUT2D eigenvalue weighted by Gasteiger charge is -2.06. The van der Waals surface area contributed by atoms with E-state index in [1.165, 1.54) is 6.42 Å². The van der Waals surface area contributed by atoms with Crippen LogP contribution in [0.1, 0.15) is 44.1 Å². The molecule has 0 aromatic carbocycles. The van der Waals surface area contributed by atoms with Gasteiger partial charge in [-0.1, -0.05) is 6.92 Å². The Bertz CT molecular complexity index is 411. The molecule has 1 aliphatic rings. The molecule has 1 heterocycles. The van der Waals surface area contributed by atoms with Crippen LogP contribution in [-0.2, 0) is 11.2 Å². The van der Waals surface area contributed by atoms with Crippen molar-refractivity contribution in [2.75, 3.05) is 6.54 Å². The molecule has 1 aliphatic carbocycles. The van der Waals surface area contributed by atoms with Gasteiger partial charge < -0.3 is 14.8 Å². The second kappa shape index (κ2) is 5.57. The molecule has 1 aromatic heterocycles. The predicted molar refractivity (Wildman–Crippen MR) is 68.2 cm³/mol.